The Hall–Kier alpha value is -1.35. The monoisotopic (exact) mass is 286 g/mol. The van der Waals surface area contributed by atoms with Gasteiger partial charge in [-0.05, 0) is 63.0 Å². The minimum atomic E-state index is 0.231. The third-order valence-corrected chi connectivity index (χ3v) is 5.22. The van der Waals surface area contributed by atoms with Crippen molar-refractivity contribution in [2.45, 2.75) is 38.6 Å². The van der Waals surface area contributed by atoms with E-state index in [0.29, 0.717) is 6.42 Å². The predicted molar refractivity (Wildman–Crippen MR) is 87.0 cm³/mol. The molecule has 0 bridgehead atoms. The van der Waals surface area contributed by atoms with Crippen molar-refractivity contribution < 1.29 is 4.79 Å². The number of likely N-dealkylation sites (tertiary alicyclic amines) is 1. The Kier molecular flexibility index (Phi) is 4.29. The number of hydrogen-bond acceptors (Lipinski definition) is 3. The maximum absolute atomic E-state index is 11.7. The second-order valence-corrected chi connectivity index (χ2v) is 6.51. The number of Topliss-reactive ketones (excluding diaryl/α,β-unsaturated/α-hetero) is 1. The number of piperidine rings is 2. The SMILES string of the molecule is CCC(=O)c1ccc(N2CCC3C(CCCN3C)C2)cc1. The van der Waals surface area contributed by atoms with Gasteiger partial charge in [-0.2, -0.15) is 0 Å². The number of rotatable bonds is 3. The van der Waals surface area contributed by atoms with Gasteiger partial charge in [-0.1, -0.05) is 6.92 Å². The molecule has 0 radical (unpaired) electrons. The van der Waals surface area contributed by atoms with Crippen LogP contribution in [0.4, 0.5) is 5.69 Å². The standard InChI is InChI=1S/C18H26N2O/c1-3-18(21)14-6-8-16(9-7-14)20-12-10-17-15(13-20)5-4-11-19(17)2/h6-9,15,17H,3-5,10-13H2,1-2H3. The summed E-state index contributed by atoms with van der Waals surface area (Å²) in [5.41, 5.74) is 2.11. The van der Waals surface area contributed by atoms with Gasteiger partial charge in [-0.25, -0.2) is 0 Å². The fraction of sp³-hybridized carbons (Fsp3) is 0.611. The lowest BCUT2D eigenvalue weighted by atomic mass is 9.84. The summed E-state index contributed by atoms with van der Waals surface area (Å²) in [5, 5.41) is 0. The molecule has 2 fully saturated rings. The van der Waals surface area contributed by atoms with Crippen molar-refractivity contribution in [1.82, 2.24) is 4.90 Å². The van der Waals surface area contributed by atoms with Crippen LogP contribution in [0.2, 0.25) is 0 Å². The van der Waals surface area contributed by atoms with Gasteiger partial charge < -0.3 is 9.80 Å². The molecule has 3 nitrogen and oxygen atoms in total. The van der Waals surface area contributed by atoms with Crippen LogP contribution in [-0.4, -0.2) is 43.4 Å². The van der Waals surface area contributed by atoms with Gasteiger partial charge in [0.2, 0.25) is 0 Å². The molecule has 2 aliphatic heterocycles. The molecule has 1 aromatic carbocycles. The van der Waals surface area contributed by atoms with Gasteiger partial charge >= 0.3 is 0 Å². The first kappa shape index (κ1) is 14.6. The molecule has 3 rings (SSSR count). The molecule has 2 unspecified atom stereocenters. The Labute approximate surface area is 127 Å². The minimum Gasteiger partial charge on any atom is -0.371 e. The van der Waals surface area contributed by atoms with Gasteiger partial charge in [0.15, 0.2) is 5.78 Å². The molecule has 2 saturated heterocycles. The van der Waals surface area contributed by atoms with Crippen molar-refractivity contribution in [3.05, 3.63) is 29.8 Å². The van der Waals surface area contributed by atoms with E-state index in [0.717, 1.165) is 30.6 Å². The quantitative estimate of drug-likeness (QED) is 0.797. The van der Waals surface area contributed by atoms with Crippen LogP contribution in [-0.2, 0) is 0 Å². The van der Waals surface area contributed by atoms with E-state index in [4.69, 9.17) is 0 Å². The molecule has 1 aromatic rings. The van der Waals surface area contributed by atoms with Crippen LogP contribution in [0, 0.1) is 5.92 Å². The normalized spacial score (nSPS) is 26.5. The van der Waals surface area contributed by atoms with Crippen molar-refractivity contribution in [2.24, 2.45) is 5.92 Å². The Morgan fingerprint density at radius 3 is 2.67 bits per heavy atom. The second kappa shape index (κ2) is 6.18. The average molecular weight is 286 g/mol. The second-order valence-electron chi connectivity index (χ2n) is 6.51. The average Bonchev–Trinajstić information content (AvgIpc) is 2.54. The molecule has 0 N–H and O–H groups in total. The van der Waals surface area contributed by atoms with Gasteiger partial charge in [-0.15, -0.1) is 0 Å². The number of carbonyl (C=O) groups is 1. The van der Waals surface area contributed by atoms with Gasteiger partial charge in [-0.3, -0.25) is 4.79 Å². The Morgan fingerprint density at radius 2 is 1.95 bits per heavy atom. The first-order valence-corrected chi connectivity index (χ1v) is 8.27. The molecular weight excluding hydrogens is 260 g/mol. The summed E-state index contributed by atoms with van der Waals surface area (Å²) < 4.78 is 0. The fourth-order valence-electron chi connectivity index (χ4n) is 3.95. The molecule has 21 heavy (non-hydrogen) atoms. The molecule has 0 aliphatic carbocycles. The van der Waals surface area contributed by atoms with E-state index >= 15 is 0 Å². The van der Waals surface area contributed by atoms with Crippen LogP contribution in [0.1, 0.15) is 43.0 Å². The van der Waals surface area contributed by atoms with Crippen LogP contribution in [0.5, 0.6) is 0 Å². The zero-order valence-corrected chi connectivity index (χ0v) is 13.2. The summed E-state index contributed by atoms with van der Waals surface area (Å²) in [6.45, 7) is 5.47. The van der Waals surface area contributed by atoms with Gasteiger partial charge in [0, 0.05) is 36.8 Å². The lowest BCUT2D eigenvalue weighted by Gasteiger charge is -2.46. The molecule has 0 spiro atoms. The third-order valence-electron chi connectivity index (χ3n) is 5.22. The van der Waals surface area contributed by atoms with Crippen LogP contribution in [0.3, 0.4) is 0 Å². The largest absolute Gasteiger partial charge is 0.371 e. The number of nitrogens with zero attached hydrogens (tertiary/aromatic N) is 2. The van der Waals surface area contributed by atoms with E-state index in [1.54, 1.807) is 0 Å². The predicted octanol–water partition coefficient (Wildman–Crippen LogP) is 3.20. The highest BCUT2D eigenvalue weighted by Gasteiger charge is 2.34. The highest BCUT2D eigenvalue weighted by atomic mass is 16.1. The summed E-state index contributed by atoms with van der Waals surface area (Å²) in [5.74, 6) is 1.03. The number of ketones is 1. The Bertz CT molecular complexity index is 496. The molecule has 2 heterocycles. The van der Waals surface area contributed by atoms with E-state index in [2.05, 4.69) is 29.0 Å². The molecule has 114 valence electrons. The lowest BCUT2D eigenvalue weighted by Crippen LogP contribution is -2.52. The third kappa shape index (κ3) is 2.98. The van der Waals surface area contributed by atoms with Crippen LogP contribution < -0.4 is 4.90 Å². The molecule has 0 amide bonds. The Morgan fingerprint density at radius 1 is 1.19 bits per heavy atom. The number of carbonyl (C=O) groups excluding carboxylic acids is 1. The van der Waals surface area contributed by atoms with Crippen molar-refractivity contribution in [3.8, 4) is 0 Å². The summed E-state index contributed by atoms with van der Waals surface area (Å²) in [6.07, 6.45) is 4.53. The van der Waals surface area contributed by atoms with Crippen molar-refractivity contribution in [3.63, 3.8) is 0 Å². The fourth-order valence-corrected chi connectivity index (χ4v) is 3.95. The minimum absolute atomic E-state index is 0.231. The first-order valence-electron chi connectivity index (χ1n) is 8.27. The molecule has 0 saturated carbocycles. The maximum atomic E-state index is 11.7. The van der Waals surface area contributed by atoms with E-state index < -0.39 is 0 Å². The Balaban J connectivity index is 1.69. The number of anilines is 1. The number of fused-ring (bicyclic) bond motifs is 1. The van der Waals surface area contributed by atoms with Crippen LogP contribution in [0.15, 0.2) is 24.3 Å². The van der Waals surface area contributed by atoms with Gasteiger partial charge in [0.1, 0.15) is 0 Å². The molecule has 0 aromatic heterocycles. The highest BCUT2D eigenvalue weighted by molar-refractivity contribution is 5.96. The molecular formula is C18H26N2O. The van der Waals surface area contributed by atoms with Crippen LogP contribution in [0.25, 0.3) is 0 Å². The summed E-state index contributed by atoms with van der Waals surface area (Å²) in [7, 11) is 2.28. The number of benzene rings is 1. The van der Waals surface area contributed by atoms with Gasteiger partial charge in [0.25, 0.3) is 0 Å². The summed E-state index contributed by atoms with van der Waals surface area (Å²) in [6, 6.07) is 8.99. The molecule has 2 atom stereocenters. The van der Waals surface area contributed by atoms with Crippen molar-refractivity contribution in [1.29, 1.82) is 0 Å². The first-order chi connectivity index (χ1) is 10.2. The maximum Gasteiger partial charge on any atom is 0.162 e. The molecule has 3 heteroatoms. The molecule has 2 aliphatic rings. The smallest absolute Gasteiger partial charge is 0.162 e. The van der Waals surface area contributed by atoms with Gasteiger partial charge in [0.05, 0.1) is 0 Å². The zero-order valence-electron chi connectivity index (χ0n) is 13.2. The highest BCUT2D eigenvalue weighted by Crippen LogP contribution is 2.32. The summed E-state index contributed by atoms with van der Waals surface area (Å²) in [4.78, 5) is 16.8. The van der Waals surface area contributed by atoms with Crippen molar-refractivity contribution in [2.75, 3.05) is 31.6 Å². The van der Waals surface area contributed by atoms with E-state index in [1.165, 1.54) is 31.5 Å². The number of hydrogen-bond donors (Lipinski definition) is 0. The topological polar surface area (TPSA) is 23.6 Å². The zero-order chi connectivity index (χ0) is 14.8. The van der Waals surface area contributed by atoms with E-state index in [1.807, 2.05) is 19.1 Å². The van der Waals surface area contributed by atoms with Crippen LogP contribution >= 0.6 is 0 Å². The lowest BCUT2D eigenvalue weighted by molar-refractivity contribution is 0.0988. The summed E-state index contributed by atoms with van der Waals surface area (Å²) >= 11 is 0. The van der Waals surface area contributed by atoms with E-state index in [9.17, 15) is 4.79 Å². The van der Waals surface area contributed by atoms with Crippen molar-refractivity contribution >= 4 is 11.5 Å². The van der Waals surface area contributed by atoms with E-state index in [-0.39, 0.29) is 5.78 Å².